The highest BCUT2D eigenvalue weighted by atomic mass is 79.9. The zero-order chi connectivity index (χ0) is 12.4. The van der Waals surface area contributed by atoms with E-state index in [2.05, 4.69) is 21.2 Å². The van der Waals surface area contributed by atoms with Crippen molar-refractivity contribution >= 4 is 21.8 Å². The number of phenols is 1. The predicted molar refractivity (Wildman–Crippen MR) is 69.2 cm³/mol. The Labute approximate surface area is 109 Å². The van der Waals surface area contributed by atoms with Gasteiger partial charge in [0.25, 0.3) is 5.91 Å². The number of likely N-dealkylation sites (tertiary alicyclic amines) is 1. The van der Waals surface area contributed by atoms with Gasteiger partial charge in [-0.2, -0.15) is 0 Å². The van der Waals surface area contributed by atoms with Crippen LogP contribution in [-0.2, 0) is 0 Å². The van der Waals surface area contributed by atoms with Crippen molar-refractivity contribution in [2.45, 2.75) is 12.5 Å². The van der Waals surface area contributed by atoms with Crippen molar-refractivity contribution in [3.63, 3.8) is 0 Å². The Bertz CT molecular complexity index is 437. The molecule has 1 atom stereocenters. The number of halogens is 1. The highest BCUT2D eigenvalue weighted by Crippen LogP contribution is 2.24. The van der Waals surface area contributed by atoms with Crippen LogP contribution >= 0.6 is 15.9 Å². The number of aromatic hydroxyl groups is 1. The molecule has 4 nitrogen and oxygen atoms in total. The van der Waals surface area contributed by atoms with E-state index in [1.54, 1.807) is 23.1 Å². The number of carbonyl (C=O) groups is 1. The van der Waals surface area contributed by atoms with E-state index < -0.39 is 0 Å². The number of nitrogens with zero attached hydrogens (tertiary/aromatic N) is 1. The molecule has 1 aliphatic heterocycles. The first-order valence-corrected chi connectivity index (χ1v) is 6.36. The summed E-state index contributed by atoms with van der Waals surface area (Å²) in [5, 5.41) is 12.9. The van der Waals surface area contributed by atoms with Crippen LogP contribution in [0.3, 0.4) is 0 Å². The van der Waals surface area contributed by atoms with Crippen LogP contribution < -0.4 is 5.32 Å². The van der Waals surface area contributed by atoms with Gasteiger partial charge in [0, 0.05) is 23.6 Å². The second kappa shape index (κ2) is 5.06. The molecule has 0 bridgehead atoms. The van der Waals surface area contributed by atoms with Crippen molar-refractivity contribution in [1.29, 1.82) is 0 Å². The molecular weight excluding hydrogens is 284 g/mol. The SMILES string of the molecule is CNC1CCN(C(=O)c2ccc(Br)cc2O)C1. The minimum absolute atomic E-state index is 0.0253. The van der Waals surface area contributed by atoms with Gasteiger partial charge in [-0.25, -0.2) is 0 Å². The number of carbonyl (C=O) groups excluding carboxylic acids is 1. The number of hydrogen-bond acceptors (Lipinski definition) is 3. The molecule has 1 aliphatic rings. The average molecular weight is 299 g/mol. The first-order valence-electron chi connectivity index (χ1n) is 5.57. The summed E-state index contributed by atoms with van der Waals surface area (Å²) in [4.78, 5) is 13.9. The van der Waals surface area contributed by atoms with E-state index in [4.69, 9.17) is 0 Å². The molecule has 2 rings (SSSR count). The lowest BCUT2D eigenvalue weighted by Crippen LogP contribution is -2.33. The van der Waals surface area contributed by atoms with Crippen molar-refractivity contribution in [2.24, 2.45) is 0 Å². The van der Waals surface area contributed by atoms with E-state index in [-0.39, 0.29) is 11.7 Å². The molecule has 0 saturated carbocycles. The summed E-state index contributed by atoms with van der Waals surface area (Å²) in [6, 6.07) is 5.31. The summed E-state index contributed by atoms with van der Waals surface area (Å²) in [6.07, 6.45) is 0.958. The molecule has 92 valence electrons. The average Bonchev–Trinajstić information content (AvgIpc) is 2.76. The molecule has 0 aromatic heterocycles. The van der Waals surface area contributed by atoms with Crippen molar-refractivity contribution in [3.05, 3.63) is 28.2 Å². The number of phenolic OH excluding ortho intramolecular Hbond substituents is 1. The third kappa shape index (κ3) is 2.61. The van der Waals surface area contributed by atoms with Crippen molar-refractivity contribution < 1.29 is 9.90 Å². The molecule has 0 spiro atoms. The molecule has 1 saturated heterocycles. The van der Waals surface area contributed by atoms with Crippen LogP contribution in [0.15, 0.2) is 22.7 Å². The lowest BCUT2D eigenvalue weighted by molar-refractivity contribution is 0.0786. The highest BCUT2D eigenvalue weighted by Gasteiger charge is 2.27. The van der Waals surface area contributed by atoms with E-state index in [0.717, 1.165) is 17.4 Å². The van der Waals surface area contributed by atoms with Gasteiger partial charge in [0.05, 0.1) is 5.56 Å². The molecular formula is C12H15BrN2O2. The van der Waals surface area contributed by atoms with Crippen LogP contribution in [0.25, 0.3) is 0 Å². The third-order valence-electron chi connectivity index (χ3n) is 3.07. The molecule has 1 unspecified atom stereocenters. The summed E-state index contributed by atoms with van der Waals surface area (Å²) in [5.41, 5.74) is 0.366. The lowest BCUT2D eigenvalue weighted by Gasteiger charge is -2.17. The fraction of sp³-hybridized carbons (Fsp3) is 0.417. The van der Waals surface area contributed by atoms with Gasteiger partial charge in [0.1, 0.15) is 5.75 Å². The maximum absolute atomic E-state index is 12.2. The molecule has 1 amide bonds. The van der Waals surface area contributed by atoms with E-state index in [0.29, 0.717) is 18.2 Å². The molecule has 1 aromatic rings. The topological polar surface area (TPSA) is 52.6 Å². The zero-order valence-corrected chi connectivity index (χ0v) is 11.2. The molecule has 17 heavy (non-hydrogen) atoms. The normalized spacial score (nSPS) is 19.6. The van der Waals surface area contributed by atoms with Gasteiger partial charge in [-0.3, -0.25) is 4.79 Å². The number of nitrogens with one attached hydrogen (secondary N) is 1. The fourth-order valence-corrected chi connectivity index (χ4v) is 2.39. The Hall–Kier alpha value is -1.07. The largest absolute Gasteiger partial charge is 0.507 e. The highest BCUT2D eigenvalue weighted by molar-refractivity contribution is 9.10. The monoisotopic (exact) mass is 298 g/mol. The zero-order valence-electron chi connectivity index (χ0n) is 9.61. The Balaban J connectivity index is 2.15. The first-order chi connectivity index (χ1) is 8.11. The van der Waals surface area contributed by atoms with Gasteiger partial charge in [-0.15, -0.1) is 0 Å². The lowest BCUT2D eigenvalue weighted by atomic mass is 10.2. The Morgan fingerprint density at radius 3 is 2.94 bits per heavy atom. The second-order valence-corrected chi connectivity index (χ2v) is 5.10. The Kier molecular flexibility index (Phi) is 3.69. The molecule has 1 fully saturated rings. The summed E-state index contributed by atoms with van der Waals surface area (Å²) in [6.45, 7) is 1.44. The van der Waals surface area contributed by atoms with Crippen LogP contribution in [0, 0.1) is 0 Å². The number of amides is 1. The van der Waals surface area contributed by atoms with Crippen molar-refractivity contribution in [1.82, 2.24) is 10.2 Å². The van der Waals surface area contributed by atoms with Crippen LogP contribution in [0.1, 0.15) is 16.8 Å². The fourth-order valence-electron chi connectivity index (χ4n) is 2.04. The van der Waals surface area contributed by atoms with E-state index >= 15 is 0 Å². The Morgan fingerprint density at radius 2 is 2.35 bits per heavy atom. The van der Waals surface area contributed by atoms with Gasteiger partial charge < -0.3 is 15.3 Å². The minimum Gasteiger partial charge on any atom is -0.507 e. The molecule has 1 heterocycles. The minimum atomic E-state index is -0.104. The smallest absolute Gasteiger partial charge is 0.257 e. The van der Waals surface area contributed by atoms with Gasteiger partial charge in [-0.1, -0.05) is 15.9 Å². The summed E-state index contributed by atoms with van der Waals surface area (Å²) < 4.78 is 0.765. The van der Waals surface area contributed by atoms with Crippen molar-refractivity contribution in [3.8, 4) is 5.75 Å². The van der Waals surface area contributed by atoms with Crippen LogP contribution in [-0.4, -0.2) is 42.1 Å². The number of rotatable bonds is 2. The summed E-state index contributed by atoms with van der Waals surface area (Å²) in [7, 11) is 1.90. The second-order valence-electron chi connectivity index (χ2n) is 4.19. The standard InChI is InChI=1S/C12H15BrN2O2/c1-14-9-4-5-15(7-9)12(17)10-3-2-8(13)6-11(10)16/h2-3,6,9,14,16H,4-5,7H2,1H3. The Morgan fingerprint density at radius 1 is 1.59 bits per heavy atom. The van der Waals surface area contributed by atoms with Crippen molar-refractivity contribution in [2.75, 3.05) is 20.1 Å². The van der Waals surface area contributed by atoms with Gasteiger partial charge in [0.2, 0.25) is 0 Å². The van der Waals surface area contributed by atoms with Crippen LogP contribution in [0.2, 0.25) is 0 Å². The van der Waals surface area contributed by atoms with Crippen LogP contribution in [0.5, 0.6) is 5.75 Å². The molecule has 1 aromatic carbocycles. The maximum Gasteiger partial charge on any atom is 0.257 e. The third-order valence-corrected chi connectivity index (χ3v) is 3.57. The number of benzene rings is 1. The van der Waals surface area contributed by atoms with Gasteiger partial charge in [0.15, 0.2) is 0 Å². The molecule has 0 aliphatic carbocycles. The number of likely N-dealkylation sites (N-methyl/N-ethyl adjacent to an activating group) is 1. The van der Waals surface area contributed by atoms with Crippen LogP contribution in [0.4, 0.5) is 0 Å². The summed E-state index contributed by atoms with van der Waals surface area (Å²) >= 11 is 3.25. The van der Waals surface area contributed by atoms with Gasteiger partial charge >= 0.3 is 0 Å². The quantitative estimate of drug-likeness (QED) is 0.872. The maximum atomic E-state index is 12.2. The van der Waals surface area contributed by atoms with E-state index in [1.165, 1.54) is 0 Å². The van der Waals surface area contributed by atoms with Gasteiger partial charge in [-0.05, 0) is 31.7 Å². The number of hydrogen-bond donors (Lipinski definition) is 2. The first kappa shape index (κ1) is 12.4. The molecule has 5 heteroatoms. The summed E-state index contributed by atoms with van der Waals surface area (Å²) in [5.74, 6) is -0.0787. The predicted octanol–water partition coefficient (Wildman–Crippen LogP) is 1.59. The molecule has 0 radical (unpaired) electrons. The van der Waals surface area contributed by atoms with E-state index in [1.807, 2.05) is 7.05 Å². The molecule has 2 N–H and O–H groups in total. The van der Waals surface area contributed by atoms with E-state index in [9.17, 15) is 9.90 Å².